The maximum Gasteiger partial charge on any atom is 0.304 e. The van der Waals surface area contributed by atoms with Gasteiger partial charge >= 0.3 is 5.69 Å². The second-order valence-corrected chi connectivity index (χ2v) is 4.31. The number of amides is 1. The predicted molar refractivity (Wildman–Crippen MR) is 72.1 cm³/mol. The van der Waals surface area contributed by atoms with Crippen LogP contribution in [-0.4, -0.2) is 10.8 Å². The average Bonchev–Trinajstić information content (AvgIpc) is 2.41. The second-order valence-electron chi connectivity index (χ2n) is 4.31. The van der Waals surface area contributed by atoms with Crippen molar-refractivity contribution >= 4 is 17.3 Å². The minimum absolute atomic E-state index is 0.00371. The molecule has 0 bridgehead atoms. The summed E-state index contributed by atoms with van der Waals surface area (Å²) < 4.78 is 27.2. The quantitative estimate of drug-likeness (QED) is 0.695. The van der Waals surface area contributed by atoms with E-state index in [4.69, 9.17) is 0 Å². The number of carbonyl (C=O) groups is 1. The number of hydrogen-bond donors (Lipinski definition) is 1. The molecule has 0 aliphatic rings. The van der Waals surface area contributed by atoms with Crippen LogP contribution in [0.15, 0.2) is 36.4 Å². The number of nitrogens with zero attached hydrogens (tertiary/aromatic N) is 1. The van der Waals surface area contributed by atoms with Gasteiger partial charge in [-0.25, -0.2) is 4.39 Å². The molecule has 108 valence electrons. The molecular formula is C14H10F2N2O3. The molecule has 0 saturated carbocycles. The molecule has 5 nitrogen and oxygen atoms in total. The predicted octanol–water partition coefficient (Wildman–Crippen LogP) is 3.43. The molecule has 1 N–H and O–H groups in total. The summed E-state index contributed by atoms with van der Waals surface area (Å²) in [5.74, 6) is -2.51. The van der Waals surface area contributed by atoms with Crippen LogP contribution in [0.25, 0.3) is 0 Å². The van der Waals surface area contributed by atoms with E-state index in [0.29, 0.717) is 5.56 Å². The lowest BCUT2D eigenvalue weighted by molar-refractivity contribution is -0.387. The van der Waals surface area contributed by atoms with Crippen LogP contribution in [0.3, 0.4) is 0 Å². The largest absolute Gasteiger partial charge is 0.322 e. The Kier molecular flexibility index (Phi) is 3.93. The van der Waals surface area contributed by atoms with Crippen molar-refractivity contribution in [3.05, 3.63) is 69.3 Å². The van der Waals surface area contributed by atoms with Crippen LogP contribution in [0.2, 0.25) is 0 Å². The van der Waals surface area contributed by atoms with E-state index in [1.807, 2.05) is 0 Å². The molecule has 0 aliphatic carbocycles. The van der Waals surface area contributed by atoms with Crippen molar-refractivity contribution in [1.82, 2.24) is 0 Å². The van der Waals surface area contributed by atoms with Gasteiger partial charge in [0.2, 0.25) is 5.82 Å². The monoisotopic (exact) mass is 292 g/mol. The summed E-state index contributed by atoms with van der Waals surface area (Å²) in [4.78, 5) is 21.5. The number of carbonyl (C=O) groups excluding carboxylic acids is 1. The molecule has 0 atom stereocenters. The maximum absolute atomic E-state index is 13.8. The smallest absolute Gasteiger partial charge is 0.304 e. The van der Waals surface area contributed by atoms with Gasteiger partial charge in [0.05, 0.1) is 10.5 Å². The summed E-state index contributed by atoms with van der Waals surface area (Å²) in [7, 11) is 0. The highest BCUT2D eigenvalue weighted by molar-refractivity contribution is 6.04. The summed E-state index contributed by atoms with van der Waals surface area (Å²) in [6.07, 6.45) is 0. The number of hydrogen-bond acceptors (Lipinski definition) is 3. The highest BCUT2D eigenvalue weighted by atomic mass is 19.1. The molecule has 2 rings (SSSR count). The van der Waals surface area contributed by atoms with Crippen molar-refractivity contribution in [3.63, 3.8) is 0 Å². The van der Waals surface area contributed by atoms with Crippen LogP contribution in [0.1, 0.15) is 15.9 Å². The van der Waals surface area contributed by atoms with Gasteiger partial charge in [0.25, 0.3) is 5.91 Å². The zero-order valence-electron chi connectivity index (χ0n) is 10.9. The van der Waals surface area contributed by atoms with Crippen LogP contribution in [0, 0.1) is 28.7 Å². The molecule has 0 fully saturated rings. The molecule has 0 radical (unpaired) electrons. The van der Waals surface area contributed by atoms with Crippen molar-refractivity contribution in [2.45, 2.75) is 6.92 Å². The van der Waals surface area contributed by atoms with Crippen LogP contribution in [0.4, 0.5) is 20.2 Å². The number of benzene rings is 2. The van der Waals surface area contributed by atoms with E-state index in [9.17, 15) is 23.7 Å². The highest BCUT2D eigenvalue weighted by Gasteiger charge is 2.17. The molecule has 0 saturated heterocycles. The first kappa shape index (κ1) is 14.6. The average molecular weight is 292 g/mol. The Bertz CT molecular complexity index is 732. The number of nitrogens with one attached hydrogen (secondary N) is 1. The Morgan fingerprint density at radius 3 is 2.57 bits per heavy atom. The van der Waals surface area contributed by atoms with Crippen LogP contribution < -0.4 is 5.32 Å². The van der Waals surface area contributed by atoms with Crippen molar-refractivity contribution in [2.75, 3.05) is 5.32 Å². The summed E-state index contributed by atoms with van der Waals surface area (Å²) in [5.41, 5.74) is -0.579. The standard InChI is InChI=1S/C14H10F2N2O3/c1-8-3-2-4-10(13(8)16)14(19)17-9-5-6-12(18(20)21)11(15)7-9/h2-7H,1H3,(H,17,19). The van der Waals surface area contributed by atoms with Crippen molar-refractivity contribution < 1.29 is 18.5 Å². The lowest BCUT2D eigenvalue weighted by Gasteiger charge is -2.07. The highest BCUT2D eigenvalue weighted by Crippen LogP contribution is 2.21. The van der Waals surface area contributed by atoms with E-state index in [-0.39, 0.29) is 11.3 Å². The molecule has 2 aromatic rings. The van der Waals surface area contributed by atoms with E-state index in [1.54, 1.807) is 0 Å². The van der Waals surface area contributed by atoms with Gasteiger partial charge in [-0.15, -0.1) is 0 Å². The fourth-order valence-corrected chi connectivity index (χ4v) is 1.75. The first-order chi connectivity index (χ1) is 9.90. The Labute approximate surface area is 118 Å². The van der Waals surface area contributed by atoms with E-state index in [2.05, 4.69) is 5.32 Å². The second kappa shape index (κ2) is 5.66. The maximum atomic E-state index is 13.8. The third kappa shape index (κ3) is 3.02. The Morgan fingerprint density at radius 1 is 1.24 bits per heavy atom. The minimum atomic E-state index is -1.08. The number of nitro benzene ring substituents is 1. The molecule has 1 amide bonds. The summed E-state index contributed by atoms with van der Waals surface area (Å²) in [6, 6.07) is 7.23. The zero-order chi connectivity index (χ0) is 15.6. The van der Waals surface area contributed by atoms with Gasteiger partial charge in [0.1, 0.15) is 5.82 Å². The van der Waals surface area contributed by atoms with Gasteiger partial charge in [-0.2, -0.15) is 4.39 Å². The molecule has 0 spiro atoms. The number of rotatable bonds is 3. The van der Waals surface area contributed by atoms with Crippen molar-refractivity contribution in [2.24, 2.45) is 0 Å². The molecule has 0 aliphatic heterocycles. The van der Waals surface area contributed by atoms with E-state index in [0.717, 1.165) is 12.1 Å². The third-order valence-corrected chi connectivity index (χ3v) is 2.84. The normalized spacial score (nSPS) is 10.2. The number of nitro groups is 1. The van der Waals surface area contributed by atoms with Gasteiger partial charge in [-0.1, -0.05) is 12.1 Å². The lowest BCUT2D eigenvalue weighted by Crippen LogP contribution is -2.14. The minimum Gasteiger partial charge on any atom is -0.322 e. The summed E-state index contributed by atoms with van der Waals surface area (Å²) >= 11 is 0. The van der Waals surface area contributed by atoms with E-state index >= 15 is 0 Å². The summed E-state index contributed by atoms with van der Waals surface area (Å²) in [6.45, 7) is 1.51. The van der Waals surface area contributed by atoms with Gasteiger partial charge in [0, 0.05) is 17.8 Å². The van der Waals surface area contributed by atoms with Gasteiger partial charge < -0.3 is 5.32 Å². The first-order valence-corrected chi connectivity index (χ1v) is 5.90. The van der Waals surface area contributed by atoms with Crippen molar-refractivity contribution in [3.8, 4) is 0 Å². The first-order valence-electron chi connectivity index (χ1n) is 5.90. The lowest BCUT2D eigenvalue weighted by atomic mass is 10.1. The van der Waals surface area contributed by atoms with E-state index < -0.39 is 28.2 Å². The van der Waals surface area contributed by atoms with Gasteiger partial charge in [0.15, 0.2) is 0 Å². The number of anilines is 1. The topological polar surface area (TPSA) is 72.2 Å². The van der Waals surface area contributed by atoms with Crippen LogP contribution in [0.5, 0.6) is 0 Å². The van der Waals surface area contributed by atoms with Gasteiger partial charge in [-0.05, 0) is 24.6 Å². The fraction of sp³-hybridized carbons (Fsp3) is 0.0714. The van der Waals surface area contributed by atoms with Gasteiger partial charge in [-0.3, -0.25) is 14.9 Å². The van der Waals surface area contributed by atoms with E-state index in [1.165, 1.54) is 31.2 Å². The Balaban J connectivity index is 2.26. The Morgan fingerprint density at radius 2 is 1.95 bits per heavy atom. The molecule has 2 aromatic carbocycles. The summed E-state index contributed by atoms with van der Waals surface area (Å²) in [5, 5.41) is 12.8. The zero-order valence-corrected chi connectivity index (χ0v) is 10.9. The molecule has 21 heavy (non-hydrogen) atoms. The van der Waals surface area contributed by atoms with Crippen LogP contribution >= 0.6 is 0 Å². The number of halogens is 2. The van der Waals surface area contributed by atoms with Crippen molar-refractivity contribution in [1.29, 1.82) is 0 Å². The fourth-order valence-electron chi connectivity index (χ4n) is 1.75. The van der Waals surface area contributed by atoms with Crippen LogP contribution in [-0.2, 0) is 0 Å². The SMILES string of the molecule is Cc1cccc(C(=O)Nc2ccc([N+](=O)[O-])c(F)c2)c1F. The molecule has 0 unspecified atom stereocenters. The molecule has 7 heteroatoms. The molecule has 0 heterocycles. The molecular weight excluding hydrogens is 282 g/mol. The molecule has 0 aromatic heterocycles. The third-order valence-electron chi connectivity index (χ3n) is 2.84. The number of aryl methyl sites for hydroxylation is 1. The Hall–Kier alpha value is -2.83.